The van der Waals surface area contributed by atoms with Crippen molar-refractivity contribution in [1.82, 2.24) is 0 Å². The fourth-order valence-corrected chi connectivity index (χ4v) is 2.04. The minimum absolute atomic E-state index is 0.530. The smallest absolute Gasteiger partial charge is 0.0397 e. The average Bonchev–Trinajstić information content (AvgIpc) is 2.37. The average molecular weight is 248 g/mol. The van der Waals surface area contributed by atoms with E-state index in [9.17, 15) is 0 Å². The number of nitrogens with zero attached hydrogens (tertiary/aromatic N) is 1. The molecule has 0 spiro atoms. The summed E-state index contributed by atoms with van der Waals surface area (Å²) in [5.74, 6) is 0. The first kappa shape index (κ1) is 14.9. The van der Waals surface area contributed by atoms with Crippen molar-refractivity contribution in [2.75, 3.05) is 17.3 Å². The van der Waals surface area contributed by atoms with E-state index in [1.54, 1.807) is 0 Å². The standard InChI is InChI=1S/C16H28N2/c1-7-13(4)17-15-9-10-16(12(3)11-15)18(6)14(5)8-2/h9-11,13-14,17H,7-8H2,1-6H3. The third-order valence-corrected chi connectivity index (χ3v) is 3.85. The molecule has 0 aromatic heterocycles. The fourth-order valence-electron chi connectivity index (χ4n) is 2.04. The first-order valence-electron chi connectivity index (χ1n) is 7.09. The molecule has 18 heavy (non-hydrogen) atoms. The molecule has 1 aromatic rings. The van der Waals surface area contributed by atoms with Gasteiger partial charge in [-0.1, -0.05) is 13.8 Å². The number of rotatable bonds is 6. The highest BCUT2D eigenvalue weighted by atomic mass is 15.1. The van der Waals surface area contributed by atoms with Crippen molar-refractivity contribution in [3.63, 3.8) is 0 Å². The Morgan fingerprint density at radius 3 is 2.33 bits per heavy atom. The molecule has 0 aliphatic rings. The van der Waals surface area contributed by atoms with E-state index >= 15 is 0 Å². The van der Waals surface area contributed by atoms with Gasteiger partial charge in [-0.2, -0.15) is 0 Å². The highest BCUT2D eigenvalue weighted by Gasteiger charge is 2.10. The Labute approximate surface area is 112 Å². The summed E-state index contributed by atoms with van der Waals surface area (Å²) in [4.78, 5) is 2.36. The summed E-state index contributed by atoms with van der Waals surface area (Å²) in [6, 6.07) is 7.78. The highest BCUT2D eigenvalue weighted by molar-refractivity contribution is 5.60. The van der Waals surface area contributed by atoms with Gasteiger partial charge in [-0.3, -0.25) is 0 Å². The van der Waals surface area contributed by atoms with Crippen LogP contribution in [0.2, 0.25) is 0 Å². The molecule has 0 aliphatic carbocycles. The molecule has 0 aliphatic heterocycles. The number of hydrogen-bond acceptors (Lipinski definition) is 2. The Morgan fingerprint density at radius 2 is 1.83 bits per heavy atom. The zero-order chi connectivity index (χ0) is 13.7. The number of nitrogens with one attached hydrogen (secondary N) is 1. The SMILES string of the molecule is CCC(C)Nc1ccc(N(C)C(C)CC)c(C)c1. The Kier molecular flexibility index (Phi) is 5.52. The number of anilines is 2. The molecule has 102 valence electrons. The van der Waals surface area contributed by atoms with Crippen LogP contribution in [0.15, 0.2) is 18.2 Å². The second kappa shape index (κ2) is 6.67. The van der Waals surface area contributed by atoms with Gasteiger partial charge in [0.2, 0.25) is 0 Å². The minimum atomic E-state index is 0.530. The lowest BCUT2D eigenvalue weighted by Gasteiger charge is -2.28. The lowest BCUT2D eigenvalue weighted by molar-refractivity contribution is 0.662. The maximum atomic E-state index is 3.52. The molecule has 0 heterocycles. The van der Waals surface area contributed by atoms with Gasteiger partial charge in [0, 0.05) is 30.5 Å². The summed E-state index contributed by atoms with van der Waals surface area (Å²) >= 11 is 0. The van der Waals surface area contributed by atoms with E-state index in [2.05, 4.69) is 70.1 Å². The molecule has 0 amide bonds. The normalized spacial score (nSPS) is 14.1. The van der Waals surface area contributed by atoms with Crippen molar-refractivity contribution in [1.29, 1.82) is 0 Å². The molecular formula is C16H28N2. The molecule has 2 nitrogen and oxygen atoms in total. The predicted molar refractivity (Wildman–Crippen MR) is 82.7 cm³/mol. The van der Waals surface area contributed by atoms with Gasteiger partial charge in [0.1, 0.15) is 0 Å². The molecule has 2 atom stereocenters. The minimum Gasteiger partial charge on any atom is -0.383 e. The van der Waals surface area contributed by atoms with Gasteiger partial charge in [-0.05, 0) is 57.4 Å². The van der Waals surface area contributed by atoms with E-state index in [1.165, 1.54) is 23.4 Å². The van der Waals surface area contributed by atoms with Crippen molar-refractivity contribution >= 4 is 11.4 Å². The van der Waals surface area contributed by atoms with Gasteiger partial charge in [0.05, 0.1) is 0 Å². The molecule has 0 saturated carbocycles. The van der Waals surface area contributed by atoms with Crippen LogP contribution < -0.4 is 10.2 Å². The second-order valence-electron chi connectivity index (χ2n) is 5.32. The van der Waals surface area contributed by atoms with Crippen LogP contribution in [0.25, 0.3) is 0 Å². The number of hydrogen-bond donors (Lipinski definition) is 1. The highest BCUT2D eigenvalue weighted by Crippen LogP contribution is 2.25. The Balaban J connectivity index is 2.85. The third kappa shape index (κ3) is 3.66. The van der Waals surface area contributed by atoms with Crippen LogP contribution in [0.3, 0.4) is 0 Å². The van der Waals surface area contributed by atoms with Crippen LogP contribution in [-0.4, -0.2) is 19.1 Å². The lowest BCUT2D eigenvalue weighted by atomic mass is 10.1. The fraction of sp³-hybridized carbons (Fsp3) is 0.625. The molecule has 0 bridgehead atoms. The molecule has 0 fully saturated rings. The molecule has 2 unspecified atom stereocenters. The Hall–Kier alpha value is -1.18. The lowest BCUT2D eigenvalue weighted by Crippen LogP contribution is -2.28. The molecular weight excluding hydrogens is 220 g/mol. The Bertz CT molecular complexity index is 373. The van der Waals surface area contributed by atoms with Gasteiger partial charge in [-0.25, -0.2) is 0 Å². The first-order valence-corrected chi connectivity index (χ1v) is 7.09. The summed E-state index contributed by atoms with van der Waals surface area (Å²) in [6.45, 7) is 11.1. The maximum absolute atomic E-state index is 3.52. The summed E-state index contributed by atoms with van der Waals surface area (Å²) in [6.07, 6.45) is 2.32. The molecule has 1 aromatic carbocycles. The van der Waals surface area contributed by atoms with Crippen LogP contribution in [-0.2, 0) is 0 Å². The summed E-state index contributed by atoms with van der Waals surface area (Å²) in [5, 5.41) is 3.52. The predicted octanol–water partition coefficient (Wildman–Crippen LogP) is 4.44. The zero-order valence-corrected chi connectivity index (χ0v) is 12.7. The van der Waals surface area contributed by atoms with E-state index in [4.69, 9.17) is 0 Å². The van der Waals surface area contributed by atoms with Crippen molar-refractivity contribution in [2.45, 2.75) is 59.5 Å². The van der Waals surface area contributed by atoms with Crippen LogP contribution in [0.5, 0.6) is 0 Å². The van der Waals surface area contributed by atoms with Crippen molar-refractivity contribution < 1.29 is 0 Å². The van der Waals surface area contributed by atoms with Gasteiger partial charge in [-0.15, -0.1) is 0 Å². The van der Waals surface area contributed by atoms with E-state index < -0.39 is 0 Å². The summed E-state index contributed by atoms with van der Waals surface area (Å²) in [5.41, 5.74) is 3.90. The van der Waals surface area contributed by atoms with Gasteiger partial charge in [0.15, 0.2) is 0 Å². The van der Waals surface area contributed by atoms with E-state index in [1.807, 2.05) is 0 Å². The molecule has 0 saturated heterocycles. The van der Waals surface area contributed by atoms with Gasteiger partial charge in [0.25, 0.3) is 0 Å². The van der Waals surface area contributed by atoms with Crippen LogP contribution in [0.4, 0.5) is 11.4 Å². The molecule has 2 heteroatoms. The van der Waals surface area contributed by atoms with Crippen LogP contribution >= 0.6 is 0 Å². The summed E-state index contributed by atoms with van der Waals surface area (Å²) in [7, 11) is 2.18. The summed E-state index contributed by atoms with van der Waals surface area (Å²) < 4.78 is 0. The topological polar surface area (TPSA) is 15.3 Å². The van der Waals surface area contributed by atoms with Crippen molar-refractivity contribution in [2.24, 2.45) is 0 Å². The van der Waals surface area contributed by atoms with E-state index in [0.717, 1.165) is 6.42 Å². The molecule has 0 radical (unpaired) electrons. The Morgan fingerprint density at radius 1 is 1.17 bits per heavy atom. The van der Waals surface area contributed by atoms with E-state index in [0.29, 0.717) is 12.1 Å². The number of benzene rings is 1. The molecule has 1 N–H and O–H groups in total. The van der Waals surface area contributed by atoms with Crippen molar-refractivity contribution in [3.8, 4) is 0 Å². The van der Waals surface area contributed by atoms with Gasteiger partial charge >= 0.3 is 0 Å². The maximum Gasteiger partial charge on any atom is 0.0397 e. The largest absolute Gasteiger partial charge is 0.383 e. The quantitative estimate of drug-likeness (QED) is 0.800. The zero-order valence-electron chi connectivity index (χ0n) is 12.7. The van der Waals surface area contributed by atoms with Crippen LogP contribution in [0.1, 0.15) is 46.1 Å². The number of aryl methyl sites for hydroxylation is 1. The third-order valence-electron chi connectivity index (χ3n) is 3.85. The molecule has 1 rings (SSSR count). The monoisotopic (exact) mass is 248 g/mol. The van der Waals surface area contributed by atoms with Crippen molar-refractivity contribution in [3.05, 3.63) is 23.8 Å². The van der Waals surface area contributed by atoms with Crippen LogP contribution in [0, 0.1) is 6.92 Å². The second-order valence-corrected chi connectivity index (χ2v) is 5.32. The van der Waals surface area contributed by atoms with E-state index in [-0.39, 0.29) is 0 Å². The first-order chi connectivity index (χ1) is 8.49. The van der Waals surface area contributed by atoms with Gasteiger partial charge < -0.3 is 10.2 Å².